The second-order valence-electron chi connectivity index (χ2n) is 35.0. The van der Waals surface area contributed by atoms with Gasteiger partial charge in [0.1, 0.15) is 134 Å². The minimum absolute atomic E-state index is 0.0955. The molecule has 6 heterocycles. The molecule has 0 saturated carbocycles. The van der Waals surface area contributed by atoms with E-state index in [-0.39, 0.29) is 6.42 Å². The Morgan fingerprint density at radius 2 is 0.760 bits per heavy atom. The zero-order valence-electron chi connectivity index (χ0n) is 74.9. The van der Waals surface area contributed by atoms with Crippen molar-refractivity contribution >= 4 is 35.6 Å². The summed E-state index contributed by atoms with van der Waals surface area (Å²) in [6.45, 7) is -0.822. The summed E-state index contributed by atoms with van der Waals surface area (Å²) in [5.74, 6) is -14.5. The van der Waals surface area contributed by atoms with Crippen LogP contribution in [-0.4, -0.2) is 396 Å². The van der Waals surface area contributed by atoms with Gasteiger partial charge in [-0.1, -0.05) is 193 Å². The van der Waals surface area contributed by atoms with Crippen molar-refractivity contribution in [2.75, 3.05) is 46.2 Å². The quantitative estimate of drug-likeness (QED) is 0.0212. The van der Waals surface area contributed by atoms with Crippen LogP contribution in [0.4, 0.5) is 0 Å². The molecule has 43 heteroatoms. The van der Waals surface area contributed by atoms with Crippen LogP contribution in [0.1, 0.15) is 240 Å². The van der Waals surface area contributed by atoms with Crippen molar-refractivity contribution in [3.8, 4) is 0 Å². The predicted molar refractivity (Wildman–Crippen MR) is 449 cm³/mol. The summed E-state index contributed by atoms with van der Waals surface area (Å²) >= 11 is 0. The van der Waals surface area contributed by atoms with E-state index in [1.54, 1.807) is 6.08 Å². The third kappa shape index (κ3) is 33.6. The van der Waals surface area contributed by atoms with Crippen LogP contribution in [-0.2, 0) is 85.6 Å². The standard InChI is InChI=1S/C86H152N4O39/c1-6-8-10-12-14-16-18-20-21-22-23-25-27-29-31-33-35-37-60(105)90-50(51(100)36-34-32-30-28-26-24-19-17-15-13-11-9-7-2)46-118-80-69(111)68(110)72(58(44-95)121-80)123-82-71(113)78(129-86(84(116)117)39-53(102)62(88-48(4)98)76(127-86)65(107)55(104)41-92)73(59(45-96)122-82)124-79-63(89-49(5)99)74(66(108)56(42-93)119-79)125-81-70(112)77(67(109)57(43-94)120-81)128-85(83(114)115)38-52(101)61(87-47(3)97)75(126-85)64(106)54(103)40-91/h34,36,50-59,61-82,91-96,100-104,106-113H,6-33,35,37-46H2,1-5H3,(H,87,97)(H,88,98)(H,89,99)(H,90,105)(H,114,115)(H,116,117)/b36-34+/t50-,51+,52-,53-,54+,55+,56+,57+,58+,59+,61+,62+,63+,64?,65?,66-,67-,68+,69+,70+,71+,72+,73-,74+,75+,76+,77-,78+,79-,80+,81-,82-,85-,86-/m0/s1. The summed E-state index contributed by atoms with van der Waals surface area (Å²) in [6, 6.07) is -6.94. The first kappa shape index (κ1) is 113. The Kier molecular flexibility index (Phi) is 50.9. The molecule has 0 bridgehead atoms. The molecule has 6 saturated heterocycles. The molecule has 0 aromatic heterocycles. The lowest BCUT2D eigenvalue weighted by atomic mass is 9.88. The van der Waals surface area contributed by atoms with Crippen molar-refractivity contribution in [3.63, 3.8) is 0 Å². The number of nitrogens with one attached hydrogen (secondary N) is 4. The van der Waals surface area contributed by atoms with Gasteiger partial charge in [0.25, 0.3) is 11.6 Å². The molecule has 0 spiro atoms. The van der Waals surface area contributed by atoms with Gasteiger partial charge in [-0.25, -0.2) is 9.59 Å². The van der Waals surface area contributed by atoms with Crippen molar-refractivity contribution in [3.05, 3.63) is 12.2 Å². The van der Waals surface area contributed by atoms with Gasteiger partial charge in [-0.05, 0) is 19.3 Å². The molecule has 750 valence electrons. The van der Waals surface area contributed by atoms with Gasteiger partial charge in [-0.15, -0.1) is 0 Å². The highest BCUT2D eigenvalue weighted by atomic mass is 16.8. The SMILES string of the molecule is CCCCCCCCCCCCC/C=C/[C@@H](O)[C@H](CO[C@@H]1O[C@H](CO)[C@@H](O[C@@H]2O[C@H](CO)[C@H](O[C@@H]3O[C@H](CO)[C@H](O)[C@H](O[C@@H]4O[C@H](CO)[C@H](O)[C@H](O[C@]5(C(=O)O)C[C@H](O)[C@@H](NC(C)=O)[C@H](C(O)[C@H](O)CO)O5)[C@H]4O)[C@H]3NC(C)=O)[C@H](O[C@]3(C(=O)O)C[C@H](O)[C@@H](NC(C)=O)[C@H](C(O)[C@H](O)CO)O3)[C@H]2O)[C@H](O)[C@H]1O)NC(=O)CCCCCCCCCCCCCCCCCCC. The van der Waals surface area contributed by atoms with Crippen molar-refractivity contribution in [2.24, 2.45) is 0 Å². The van der Waals surface area contributed by atoms with E-state index >= 15 is 0 Å². The number of aliphatic hydroxyl groups excluding tert-OH is 19. The number of aliphatic hydroxyl groups is 19. The molecule has 6 fully saturated rings. The average molecular weight is 1870 g/mol. The Labute approximate surface area is 752 Å². The number of rotatable bonds is 61. The number of amides is 4. The Morgan fingerprint density at radius 1 is 0.403 bits per heavy atom. The van der Waals surface area contributed by atoms with Crippen LogP contribution in [0.2, 0.25) is 0 Å². The number of carbonyl (C=O) groups excluding carboxylic acids is 4. The number of carboxylic acids is 2. The van der Waals surface area contributed by atoms with Crippen molar-refractivity contribution in [1.29, 1.82) is 0 Å². The maximum Gasteiger partial charge on any atom is 0.364 e. The second-order valence-corrected chi connectivity index (χ2v) is 35.0. The molecule has 0 aliphatic carbocycles. The number of hydrogen-bond acceptors (Lipinski definition) is 37. The fourth-order valence-corrected chi connectivity index (χ4v) is 17.3. The molecule has 129 heavy (non-hydrogen) atoms. The topological polar surface area (TPSA) is 686 Å². The first-order chi connectivity index (χ1) is 61.6. The maximum atomic E-state index is 14.1. The van der Waals surface area contributed by atoms with Gasteiger partial charge in [0.05, 0.1) is 82.7 Å². The van der Waals surface area contributed by atoms with Crippen LogP contribution >= 0.6 is 0 Å². The molecule has 6 aliphatic rings. The number of unbranched alkanes of at least 4 members (excludes halogenated alkanes) is 27. The number of carbonyl (C=O) groups is 6. The lowest BCUT2D eigenvalue weighted by molar-refractivity contribution is -0.405. The average Bonchev–Trinajstić information content (AvgIpc) is 0.720. The third-order valence-electron chi connectivity index (χ3n) is 24.6. The molecule has 0 aromatic rings. The molecule has 6 aliphatic heterocycles. The molecule has 0 radical (unpaired) electrons. The lowest BCUT2D eigenvalue weighted by Gasteiger charge is -2.53. The minimum atomic E-state index is -3.50. The highest BCUT2D eigenvalue weighted by Crippen LogP contribution is 2.43. The second kappa shape index (κ2) is 58.0. The van der Waals surface area contributed by atoms with Crippen LogP contribution in [0.25, 0.3) is 0 Å². The summed E-state index contributed by atoms with van der Waals surface area (Å²) in [5.41, 5.74) is 0. The zero-order chi connectivity index (χ0) is 95.2. The molecule has 2 unspecified atom stereocenters. The maximum absolute atomic E-state index is 14.1. The van der Waals surface area contributed by atoms with E-state index < -0.39 is 302 Å². The van der Waals surface area contributed by atoms with Gasteiger partial charge >= 0.3 is 11.9 Å². The molecule has 0 aromatic carbocycles. The van der Waals surface area contributed by atoms with Crippen LogP contribution in [0.5, 0.6) is 0 Å². The van der Waals surface area contributed by atoms with E-state index in [1.165, 1.54) is 115 Å². The predicted octanol–water partition coefficient (Wildman–Crippen LogP) is -3.09. The molecule has 4 amide bonds. The summed E-state index contributed by atoms with van der Waals surface area (Å²) in [5, 5.41) is 247. The summed E-state index contributed by atoms with van der Waals surface area (Å²) < 4.78 is 72.4. The van der Waals surface area contributed by atoms with E-state index in [0.717, 1.165) is 85.0 Å². The van der Waals surface area contributed by atoms with Crippen LogP contribution in [0, 0.1) is 0 Å². The molecule has 25 N–H and O–H groups in total. The number of hydrogen-bond donors (Lipinski definition) is 25. The van der Waals surface area contributed by atoms with Gasteiger partial charge in [-0.2, -0.15) is 0 Å². The molecule has 43 nitrogen and oxygen atoms in total. The minimum Gasteiger partial charge on any atom is -0.477 e. The van der Waals surface area contributed by atoms with Gasteiger partial charge in [-0.3, -0.25) is 19.2 Å². The number of ether oxygens (including phenoxy) is 12. The highest BCUT2D eigenvalue weighted by molar-refractivity contribution is 5.78. The normalized spacial score (nSPS) is 34.8. The molecule has 34 atom stereocenters. The fraction of sp³-hybridized carbons (Fsp3) is 0.907. The lowest BCUT2D eigenvalue weighted by Crippen LogP contribution is -2.72. The van der Waals surface area contributed by atoms with E-state index in [4.69, 9.17) is 56.8 Å². The monoisotopic (exact) mass is 1870 g/mol. The van der Waals surface area contributed by atoms with Crippen LogP contribution < -0.4 is 21.3 Å². The summed E-state index contributed by atoms with van der Waals surface area (Å²) in [7, 11) is 0. The summed E-state index contributed by atoms with van der Waals surface area (Å²) in [4.78, 5) is 79.6. The van der Waals surface area contributed by atoms with E-state index in [2.05, 4.69) is 35.1 Å². The molecular formula is C86H152N4O39. The molecule has 6 rings (SSSR count). The fourth-order valence-electron chi connectivity index (χ4n) is 17.3. The Balaban J connectivity index is 1.29. The number of carboxylic acid groups (broad SMARTS) is 2. The first-order valence-corrected chi connectivity index (χ1v) is 46.2. The van der Waals surface area contributed by atoms with E-state index in [0.29, 0.717) is 12.8 Å². The smallest absolute Gasteiger partial charge is 0.364 e. The van der Waals surface area contributed by atoms with Crippen molar-refractivity contribution < 1.29 is 193 Å². The number of allylic oxidation sites excluding steroid dienone is 1. The van der Waals surface area contributed by atoms with Crippen LogP contribution in [0.15, 0.2) is 12.2 Å². The Hall–Kier alpha value is -4.68. The van der Waals surface area contributed by atoms with Gasteiger partial charge in [0.2, 0.25) is 23.6 Å². The largest absolute Gasteiger partial charge is 0.477 e. The van der Waals surface area contributed by atoms with Crippen LogP contribution in [0.3, 0.4) is 0 Å². The summed E-state index contributed by atoms with van der Waals surface area (Å²) in [6.07, 6.45) is -29.5. The van der Waals surface area contributed by atoms with Crippen molar-refractivity contribution in [2.45, 2.75) is 447 Å². The zero-order valence-corrected chi connectivity index (χ0v) is 74.9. The number of aliphatic carboxylic acids is 2. The highest BCUT2D eigenvalue weighted by Gasteiger charge is 2.64. The Morgan fingerprint density at radius 3 is 1.18 bits per heavy atom. The van der Waals surface area contributed by atoms with Gasteiger partial charge in [0, 0.05) is 40.0 Å². The Bertz CT molecular complexity index is 3240. The van der Waals surface area contributed by atoms with E-state index in [1.807, 2.05) is 0 Å². The van der Waals surface area contributed by atoms with Gasteiger partial charge in [0.15, 0.2) is 25.2 Å². The van der Waals surface area contributed by atoms with Gasteiger partial charge < -0.3 is 185 Å². The van der Waals surface area contributed by atoms with E-state index in [9.17, 15) is 136 Å². The molecular weight excluding hydrogens is 1710 g/mol. The first-order valence-electron chi connectivity index (χ1n) is 46.2. The third-order valence-corrected chi connectivity index (χ3v) is 24.6. The van der Waals surface area contributed by atoms with Crippen molar-refractivity contribution in [1.82, 2.24) is 21.3 Å².